The zero-order valence-electron chi connectivity index (χ0n) is 11.2. The Morgan fingerprint density at radius 2 is 1.86 bits per heavy atom. The molecule has 1 heterocycles. The van der Waals surface area contributed by atoms with Gasteiger partial charge in [-0.25, -0.2) is 13.4 Å². The first-order valence-electron chi connectivity index (χ1n) is 6.67. The van der Waals surface area contributed by atoms with E-state index in [-0.39, 0.29) is 15.9 Å². The molecule has 0 saturated carbocycles. The lowest BCUT2D eigenvalue weighted by Gasteiger charge is -2.16. The average Bonchev–Trinajstić information content (AvgIpc) is 2.46. The molecule has 0 fully saturated rings. The molecule has 0 aliphatic heterocycles. The molecule has 5 nitrogen and oxygen atoms in total. The summed E-state index contributed by atoms with van der Waals surface area (Å²) in [6, 6.07) is 5.27. The van der Waals surface area contributed by atoms with Crippen molar-refractivity contribution in [1.29, 1.82) is 0 Å². The highest BCUT2D eigenvalue weighted by atomic mass is 35.5. The molecule has 0 saturated heterocycles. The summed E-state index contributed by atoms with van der Waals surface area (Å²) in [7, 11) is -3.67. The van der Waals surface area contributed by atoms with E-state index in [9.17, 15) is 8.42 Å². The van der Waals surface area contributed by atoms with Gasteiger partial charge in [-0.05, 0) is 48.9 Å². The van der Waals surface area contributed by atoms with Gasteiger partial charge in [0.25, 0.3) is 10.0 Å². The monoisotopic (exact) mass is 323 g/mol. The van der Waals surface area contributed by atoms with E-state index in [4.69, 9.17) is 11.6 Å². The van der Waals surface area contributed by atoms with Crippen LogP contribution >= 0.6 is 11.6 Å². The number of hydrogen-bond acceptors (Lipinski definition) is 4. The predicted octanol–water partition coefficient (Wildman–Crippen LogP) is 2.81. The van der Waals surface area contributed by atoms with Crippen molar-refractivity contribution < 1.29 is 8.42 Å². The summed E-state index contributed by atoms with van der Waals surface area (Å²) in [6.45, 7) is 0. The summed E-state index contributed by atoms with van der Waals surface area (Å²) in [4.78, 5) is 7.94. The number of anilines is 1. The molecule has 1 N–H and O–H groups in total. The number of aryl methyl sites for hydroxylation is 2. The van der Waals surface area contributed by atoms with Crippen molar-refractivity contribution in [3.05, 3.63) is 46.9 Å². The summed E-state index contributed by atoms with van der Waals surface area (Å²) < 4.78 is 27.1. The van der Waals surface area contributed by atoms with E-state index in [1.165, 1.54) is 18.0 Å². The third-order valence-corrected chi connectivity index (χ3v) is 5.01. The molecule has 0 spiro atoms. The largest absolute Gasteiger partial charge is 0.263 e. The van der Waals surface area contributed by atoms with Gasteiger partial charge in [0.2, 0.25) is 0 Å². The number of nitrogens with zero attached hydrogens (tertiary/aromatic N) is 2. The lowest BCUT2D eigenvalue weighted by molar-refractivity contribution is 0.600. The smallest absolute Gasteiger partial charge is 0.262 e. The lowest BCUT2D eigenvalue weighted by Crippen LogP contribution is -2.15. The fourth-order valence-corrected chi connectivity index (χ4v) is 3.65. The maximum Gasteiger partial charge on any atom is 0.263 e. The van der Waals surface area contributed by atoms with E-state index in [1.807, 2.05) is 6.07 Å². The van der Waals surface area contributed by atoms with Crippen LogP contribution in [0.15, 0.2) is 35.5 Å². The first kappa shape index (κ1) is 14.3. The van der Waals surface area contributed by atoms with Gasteiger partial charge in [-0.2, -0.15) is 0 Å². The SMILES string of the molecule is O=S(=O)(Nc1cncc(Cl)n1)c1ccc2c(c1)CCCC2. The highest BCUT2D eigenvalue weighted by Crippen LogP contribution is 2.25. The number of aromatic nitrogens is 2. The Balaban J connectivity index is 1.91. The standard InChI is InChI=1S/C14H14ClN3O2S/c15-13-8-16-9-14(17-13)18-21(19,20)12-6-5-10-3-1-2-4-11(10)7-12/h5-9H,1-4H2,(H,17,18). The number of fused-ring (bicyclic) bond motifs is 1. The van der Waals surface area contributed by atoms with Crippen LogP contribution in [-0.2, 0) is 22.9 Å². The van der Waals surface area contributed by atoms with Crippen LogP contribution in [-0.4, -0.2) is 18.4 Å². The number of hydrogen-bond donors (Lipinski definition) is 1. The van der Waals surface area contributed by atoms with Crippen LogP contribution in [0.1, 0.15) is 24.0 Å². The first-order chi connectivity index (χ1) is 10.0. The Labute approximate surface area is 128 Å². The molecule has 21 heavy (non-hydrogen) atoms. The number of benzene rings is 1. The molecular formula is C14H14ClN3O2S. The van der Waals surface area contributed by atoms with E-state index >= 15 is 0 Å². The maximum atomic E-state index is 12.4. The van der Waals surface area contributed by atoms with E-state index in [0.29, 0.717) is 0 Å². The molecule has 1 aliphatic carbocycles. The fourth-order valence-electron chi connectivity index (χ4n) is 2.46. The van der Waals surface area contributed by atoms with Crippen molar-refractivity contribution in [3.8, 4) is 0 Å². The Morgan fingerprint density at radius 1 is 1.10 bits per heavy atom. The van der Waals surface area contributed by atoms with Gasteiger partial charge in [0.1, 0.15) is 5.15 Å². The van der Waals surface area contributed by atoms with Crippen molar-refractivity contribution >= 4 is 27.4 Å². The van der Waals surface area contributed by atoms with Crippen LogP contribution in [0.2, 0.25) is 5.15 Å². The Bertz CT molecular complexity index is 778. The van der Waals surface area contributed by atoms with Gasteiger partial charge in [-0.1, -0.05) is 17.7 Å². The van der Waals surface area contributed by atoms with Crippen molar-refractivity contribution in [2.45, 2.75) is 30.6 Å². The highest BCUT2D eigenvalue weighted by Gasteiger charge is 2.18. The molecular weight excluding hydrogens is 310 g/mol. The minimum Gasteiger partial charge on any atom is -0.262 e. The summed E-state index contributed by atoms with van der Waals surface area (Å²) in [5.41, 5.74) is 2.35. The van der Waals surface area contributed by atoms with Gasteiger partial charge in [0, 0.05) is 0 Å². The first-order valence-corrected chi connectivity index (χ1v) is 8.53. The molecule has 0 atom stereocenters. The van der Waals surface area contributed by atoms with Gasteiger partial charge in [0.05, 0.1) is 17.3 Å². The fraction of sp³-hybridized carbons (Fsp3) is 0.286. The van der Waals surface area contributed by atoms with Crippen LogP contribution in [0, 0.1) is 0 Å². The van der Waals surface area contributed by atoms with Crippen molar-refractivity contribution in [3.63, 3.8) is 0 Å². The van der Waals surface area contributed by atoms with Gasteiger partial charge in [-0.3, -0.25) is 9.71 Å². The normalized spacial score (nSPS) is 14.5. The quantitative estimate of drug-likeness (QED) is 0.942. The predicted molar refractivity (Wildman–Crippen MR) is 80.9 cm³/mol. The topological polar surface area (TPSA) is 72.0 Å². The summed E-state index contributed by atoms with van der Waals surface area (Å²) in [5.74, 6) is 0.111. The van der Waals surface area contributed by atoms with Crippen LogP contribution in [0.25, 0.3) is 0 Å². The molecule has 0 radical (unpaired) electrons. The zero-order chi connectivity index (χ0) is 14.9. The Kier molecular flexibility index (Phi) is 3.82. The Hall–Kier alpha value is -1.66. The van der Waals surface area contributed by atoms with Crippen LogP contribution < -0.4 is 4.72 Å². The molecule has 0 unspecified atom stereocenters. The summed E-state index contributed by atoms with van der Waals surface area (Å²) in [5, 5.41) is 0.139. The zero-order valence-corrected chi connectivity index (χ0v) is 12.8. The van der Waals surface area contributed by atoms with E-state index in [1.54, 1.807) is 12.1 Å². The second-order valence-corrected chi connectivity index (χ2v) is 7.04. The maximum absolute atomic E-state index is 12.4. The molecule has 2 aromatic rings. The number of nitrogens with one attached hydrogen (secondary N) is 1. The van der Waals surface area contributed by atoms with Crippen molar-refractivity contribution in [1.82, 2.24) is 9.97 Å². The number of sulfonamides is 1. The van der Waals surface area contributed by atoms with Crippen LogP contribution in [0.4, 0.5) is 5.82 Å². The molecule has 110 valence electrons. The van der Waals surface area contributed by atoms with E-state index < -0.39 is 10.0 Å². The second-order valence-electron chi connectivity index (χ2n) is 4.97. The number of rotatable bonds is 3. The molecule has 7 heteroatoms. The van der Waals surface area contributed by atoms with E-state index in [2.05, 4.69) is 14.7 Å². The second kappa shape index (κ2) is 5.61. The number of halogens is 1. The molecule has 3 rings (SSSR count). The third kappa shape index (κ3) is 3.16. The molecule has 0 bridgehead atoms. The molecule has 1 aliphatic rings. The minimum atomic E-state index is -3.67. The molecule has 1 aromatic carbocycles. The van der Waals surface area contributed by atoms with Gasteiger partial charge >= 0.3 is 0 Å². The highest BCUT2D eigenvalue weighted by molar-refractivity contribution is 7.92. The minimum absolute atomic E-state index is 0.111. The summed E-state index contributed by atoms with van der Waals surface area (Å²) >= 11 is 5.71. The molecule has 0 amide bonds. The Morgan fingerprint density at radius 3 is 2.62 bits per heavy atom. The van der Waals surface area contributed by atoms with Gasteiger partial charge < -0.3 is 0 Å². The summed E-state index contributed by atoms with van der Waals surface area (Å²) in [6.07, 6.45) is 6.87. The van der Waals surface area contributed by atoms with Crippen LogP contribution in [0.3, 0.4) is 0 Å². The average molecular weight is 324 g/mol. The van der Waals surface area contributed by atoms with Gasteiger partial charge in [-0.15, -0.1) is 0 Å². The van der Waals surface area contributed by atoms with Gasteiger partial charge in [0.15, 0.2) is 5.82 Å². The van der Waals surface area contributed by atoms with Crippen molar-refractivity contribution in [2.75, 3.05) is 4.72 Å². The van der Waals surface area contributed by atoms with E-state index in [0.717, 1.165) is 31.2 Å². The molecule has 1 aromatic heterocycles. The van der Waals surface area contributed by atoms with Crippen molar-refractivity contribution in [2.24, 2.45) is 0 Å². The lowest BCUT2D eigenvalue weighted by atomic mass is 9.92. The third-order valence-electron chi connectivity index (χ3n) is 3.47. The van der Waals surface area contributed by atoms with Crippen LogP contribution in [0.5, 0.6) is 0 Å².